The Kier molecular flexibility index (Phi) is 5.13. The van der Waals surface area contributed by atoms with Crippen molar-refractivity contribution in [3.05, 3.63) is 24.0 Å². The number of pyridine rings is 1. The van der Waals surface area contributed by atoms with E-state index in [-0.39, 0.29) is 0 Å². The van der Waals surface area contributed by atoms with Gasteiger partial charge in [0, 0.05) is 18.8 Å². The number of nitrogens with zero attached hydrogens (tertiary/aromatic N) is 2. The number of hydrogen-bond donors (Lipinski definition) is 2. The van der Waals surface area contributed by atoms with E-state index >= 15 is 0 Å². The van der Waals surface area contributed by atoms with Crippen LogP contribution in [0.25, 0.3) is 0 Å². The molecular formula is C14H20N4O. The second-order valence-corrected chi connectivity index (χ2v) is 4.85. The molecule has 5 heteroatoms. The maximum Gasteiger partial charge on any atom is 0.163 e. The highest BCUT2D eigenvalue weighted by Crippen LogP contribution is 2.19. The number of nitrogens with one attached hydrogen (secondary N) is 1. The van der Waals surface area contributed by atoms with Gasteiger partial charge in [-0.25, -0.2) is 4.98 Å². The largest absolute Gasteiger partial charge is 0.380 e. The molecule has 1 aromatic heterocycles. The molecule has 3 N–H and O–H groups in total. The number of anilines is 1. The number of ether oxygens (including phenoxy) is 1. The summed E-state index contributed by atoms with van der Waals surface area (Å²) in [4.78, 5) is 4.00. The summed E-state index contributed by atoms with van der Waals surface area (Å²) >= 11 is 0. The molecule has 0 spiro atoms. The SMILES string of the molecule is N#Cc1ncccc1NCCOC1CCC(N)CC1. The van der Waals surface area contributed by atoms with Gasteiger partial charge < -0.3 is 15.8 Å². The number of nitrogens with two attached hydrogens (primary N) is 1. The van der Waals surface area contributed by atoms with Gasteiger partial charge in [0.15, 0.2) is 5.69 Å². The number of rotatable bonds is 5. The summed E-state index contributed by atoms with van der Waals surface area (Å²) < 4.78 is 5.81. The van der Waals surface area contributed by atoms with Crippen LogP contribution in [0.5, 0.6) is 0 Å². The van der Waals surface area contributed by atoms with Gasteiger partial charge in [-0.2, -0.15) is 5.26 Å². The van der Waals surface area contributed by atoms with E-state index in [0.717, 1.165) is 31.4 Å². The zero-order valence-corrected chi connectivity index (χ0v) is 11.0. The molecule has 5 nitrogen and oxygen atoms in total. The summed E-state index contributed by atoms with van der Waals surface area (Å²) in [6.07, 6.45) is 6.17. The van der Waals surface area contributed by atoms with Gasteiger partial charge in [-0.3, -0.25) is 0 Å². The fourth-order valence-electron chi connectivity index (χ4n) is 2.30. The van der Waals surface area contributed by atoms with Crippen molar-refractivity contribution >= 4 is 5.69 Å². The molecule has 0 aromatic carbocycles. The number of hydrogen-bond acceptors (Lipinski definition) is 5. The predicted octanol–water partition coefficient (Wildman–Crippen LogP) is 1.65. The van der Waals surface area contributed by atoms with E-state index < -0.39 is 0 Å². The van der Waals surface area contributed by atoms with Gasteiger partial charge in [0.05, 0.1) is 18.4 Å². The summed E-state index contributed by atoms with van der Waals surface area (Å²) in [5, 5.41) is 12.1. The molecule has 0 amide bonds. The van der Waals surface area contributed by atoms with E-state index in [1.807, 2.05) is 12.1 Å². The Balaban J connectivity index is 1.68. The highest BCUT2D eigenvalue weighted by molar-refractivity contribution is 5.53. The van der Waals surface area contributed by atoms with Crippen molar-refractivity contribution in [1.82, 2.24) is 4.98 Å². The lowest BCUT2D eigenvalue weighted by Crippen LogP contribution is -2.31. The van der Waals surface area contributed by atoms with Crippen molar-refractivity contribution in [3.8, 4) is 6.07 Å². The topological polar surface area (TPSA) is 84.0 Å². The fourth-order valence-corrected chi connectivity index (χ4v) is 2.30. The quantitative estimate of drug-likeness (QED) is 0.786. The van der Waals surface area contributed by atoms with Crippen LogP contribution in [0.2, 0.25) is 0 Å². The van der Waals surface area contributed by atoms with E-state index in [4.69, 9.17) is 15.7 Å². The normalized spacial score (nSPS) is 22.7. The second-order valence-electron chi connectivity index (χ2n) is 4.85. The monoisotopic (exact) mass is 260 g/mol. The van der Waals surface area contributed by atoms with Crippen molar-refractivity contribution in [3.63, 3.8) is 0 Å². The summed E-state index contributed by atoms with van der Waals surface area (Å²) in [7, 11) is 0. The molecule has 1 fully saturated rings. The molecule has 102 valence electrons. The van der Waals surface area contributed by atoms with Crippen molar-refractivity contribution in [2.75, 3.05) is 18.5 Å². The molecule has 0 saturated heterocycles. The Morgan fingerprint density at radius 1 is 1.42 bits per heavy atom. The molecule has 1 saturated carbocycles. The molecule has 0 aliphatic heterocycles. The lowest BCUT2D eigenvalue weighted by atomic mass is 9.94. The molecular weight excluding hydrogens is 240 g/mol. The van der Waals surface area contributed by atoms with Crippen molar-refractivity contribution in [2.45, 2.75) is 37.8 Å². The standard InChI is InChI=1S/C14H20N4O/c15-10-14-13(2-1-7-17-14)18-8-9-19-12-5-3-11(16)4-6-12/h1-2,7,11-12,18H,3-6,8-9,16H2. The first kappa shape index (κ1) is 13.8. The van der Waals surface area contributed by atoms with Crippen LogP contribution in [-0.2, 0) is 4.74 Å². The first-order valence-electron chi connectivity index (χ1n) is 6.76. The Morgan fingerprint density at radius 2 is 2.21 bits per heavy atom. The van der Waals surface area contributed by atoms with Crippen LogP contribution in [0, 0.1) is 11.3 Å². The number of nitriles is 1. The fraction of sp³-hybridized carbons (Fsp3) is 0.571. The molecule has 19 heavy (non-hydrogen) atoms. The Bertz CT molecular complexity index is 435. The van der Waals surface area contributed by atoms with E-state index in [1.165, 1.54) is 0 Å². The molecule has 1 heterocycles. The summed E-state index contributed by atoms with van der Waals surface area (Å²) in [6.45, 7) is 1.32. The third-order valence-corrected chi connectivity index (χ3v) is 3.40. The summed E-state index contributed by atoms with van der Waals surface area (Å²) in [6, 6.07) is 6.08. The molecule has 2 rings (SSSR count). The number of aromatic nitrogens is 1. The third-order valence-electron chi connectivity index (χ3n) is 3.40. The second kappa shape index (κ2) is 7.07. The Hall–Kier alpha value is -1.64. The van der Waals surface area contributed by atoms with Crippen LogP contribution in [0.15, 0.2) is 18.3 Å². The third kappa shape index (κ3) is 4.19. The molecule has 0 bridgehead atoms. The van der Waals surface area contributed by atoms with Crippen molar-refractivity contribution in [1.29, 1.82) is 5.26 Å². The predicted molar refractivity (Wildman–Crippen MR) is 73.6 cm³/mol. The van der Waals surface area contributed by atoms with E-state index in [1.54, 1.807) is 6.20 Å². The van der Waals surface area contributed by atoms with Gasteiger partial charge >= 0.3 is 0 Å². The molecule has 1 aliphatic carbocycles. The van der Waals surface area contributed by atoms with Crippen LogP contribution < -0.4 is 11.1 Å². The Labute approximate surface area is 113 Å². The minimum Gasteiger partial charge on any atom is -0.380 e. The zero-order chi connectivity index (χ0) is 13.5. The molecule has 0 radical (unpaired) electrons. The lowest BCUT2D eigenvalue weighted by Gasteiger charge is -2.26. The van der Waals surface area contributed by atoms with Gasteiger partial charge in [0.2, 0.25) is 0 Å². The highest BCUT2D eigenvalue weighted by atomic mass is 16.5. The van der Waals surface area contributed by atoms with E-state index in [0.29, 0.717) is 31.0 Å². The maximum absolute atomic E-state index is 8.91. The highest BCUT2D eigenvalue weighted by Gasteiger charge is 2.18. The van der Waals surface area contributed by atoms with Gasteiger partial charge in [-0.1, -0.05) is 0 Å². The smallest absolute Gasteiger partial charge is 0.163 e. The lowest BCUT2D eigenvalue weighted by molar-refractivity contribution is 0.0313. The van der Waals surface area contributed by atoms with Gasteiger partial charge in [0.1, 0.15) is 6.07 Å². The van der Waals surface area contributed by atoms with Gasteiger partial charge in [-0.05, 0) is 37.8 Å². The van der Waals surface area contributed by atoms with Gasteiger partial charge in [-0.15, -0.1) is 0 Å². The minimum atomic E-state index is 0.339. The molecule has 1 aromatic rings. The molecule has 0 unspecified atom stereocenters. The first-order chi connectivity index (χ1) is 9.29. The van der Waals surface area contributed by atoms with Crippen LogP contribution in [-0.4, -0.2) is 30.3 Å². The van der Waals surface area contributed by atoms with Crippen LogP contribution in [0.4, 0.5) is 5.69 Å². The van der Waals surface area contributed by atoms with Crippen molar-refractivity contribution < 1.29 is 4.74 Å². The summed E-state index contributed by atoms with van der Waals surface area (Å²) in [5.74, 6) is 0. The first-order valence-corrected chi connectivity index (χ1v) is 6.76. The summed E-state index contributed by atoms with van der Waals surface area (Å²) in [5.41, 5.74) is 7.04. The van der Waals surface area contributed by atoms with Crippen LogP contribution >= 0.6 is 0 Å². The van der Waals surface area contributed by atoms with Gasteiger partial charge in [0.25, 0.3) is 0 Å². The van der Waals surface area contributed by atoms with E-state index in [2.05, 4.69) is 16.4 Å². The zero-order valence-electron chi connectivity index (χ0n) is 11.0. The maximum atomic E-state index is 8.91. The minimum absolute atomic E-state index is 0.339. The molecule has 1 aliphatic rings. The van der Waals surface area contributed by atoms with Crippen molar-refractivity contribution in [2.24, 2.45) is 5.73 Å². The average Bonchev–Trinajstić information content (AvgIpc) is 2.46. The van der Waals surface area contributed by atoms with E-state index in [9.17, 15) is 0 Å². The van der Waals surface area contributed by atoms with Crippen LogP contribution in [0.3, 0.4) is 0 Å². The molecule has 0 atom stereocenters. The Morgan fingerprint density at radius 3 is 2.95 bits per heavy atom. The van der Waals surface area contributed by atoms with Crippen LogP contribution in [0.1, 0.15) is 31.4 Å². The average molecular weight is 260 g/mol.